The van der Waals surface area contributed by atoms with Crippen molar-refractivity contribution in [2.45, 2.75) is 69.9 Å². The Kier molecular flexibility index (Phi) is 9.14. The van der Waals surface area contributed by atoms with Crippen molar-refractivity contribution in [1.82, 2.24) is 10.2 Å². The largest absolute Gasteiger partial charge is 0.549 e. The zero-order valence-corrected chi connectivity index (χ0v) is 26.1. The second-order valence-corrected chi connectivity index (χ2v) is 13.1. The van der Waals surface area contributed by atoms with E-state index >= 15 is 0 Å². The van der Waals surface area contributed by atoms with E-state index in [9.17, 15) is 29.9 Å². The minimum atomic E-state index is -1.68. The summed E-state index contributed by atoms with van der Waals surface area (Å²) >= 11 is 0. The molecule has 0 aromatic heterocycles. The van der Waals surface area contributed by atoms with E-state index in [1.807, 2.05) is 12.1 Å². The van der Waals surface area contributed by atoms with Gasteiger partial charge < -0.3 is 30.0 Å². The average molecular weight is 612 g/mol. The molecule has 2 aliphatic heterocycles. The van der Waals surface area contributed by atoms with Gasteiger partial charge in [-0.05, 0) is 75.9 Å². The molecule has 0 radical (unpaired) electrons. The number of rotatable bonds is 10. The number of carboxylic acid groups (broad SMARTS) is 2. The summed E-state index contributed by atoms with van der Waals surface area (Å²) in [5.74, 6) is -3.91. The molecule has 0 bridgehead atoms. The molecule has 238 valence electrons. The number of carbonyl (C=O) groups is 2. The molecule has 45 heavy (non-hydrogen) atoms. The first-order chi connectivity index (χ1) is 21.5. The lowest BCUT2D eigenvalue weighted by atomic mass is 9.51. The van der Waals surface area contributed by atoms with Crippen LogP contribution < -0.4 is 15.5 Å². The van der Waals surface area contributed by atoms with Crippen LogP contribution >= 0.6 is 0 Å². The van der Waals surface area contributed by atoms with Crippen LogP contribution in [0.5, 0.6) is 0 Å². The number of aliphatic carboxylic acids is 2. The number of nitro groups is 1. The number of non-ortho nitro benzene ring substituents is 1. The van der Waals surface area contributed by atoms with Crippen molar-refractivity contribution >= 4 is 17.6 Å². The van der Waals surface area contributed by atoms with E-state index in [0.29, 0.717) is 13.0 Å². The molecular weight excluding hydrogens is 570 g/mol. The predicted molar refractivity (Wildman–Crippen MR) is 167 cm³/mol. The van der Waals surface area contributed by atoms with Gasteiger partial charge in [0.25, 0.3) is 5.69 Å². The molecule has 5 unspecified atom stereocenters. The van der Waals surface area contributed by atoms with E-state index in [0.717, 1.165) is 25.9 Å². The Bertz CT molecular complexity index is 1480. The second kappa shape index (κ2) is 12.7. The summed E-state index contributed by atoms with van der Waals surface area (Å²) in [7, 11) is 0. The predicted octanol–water partition coefficient (Wildman–Crippen LogP) is 3.41. The summed E-state index contributed by atoms with van der Waals surface area (Å²) in [5.41, 5.74) is -0.843. The quantitative estimate of drug-likeness (QED) is 0.272. The summed E-state index contributed by atoms with van der Waals surface area (Å²) in [6.45, 7) is 7.16. The van der Waals surface area contributed by atoms with Gasteiger partial charge in [-0.25, -0.2) is 0 Å². The average Bonchev–Trinajstić information content (AvgIpc) is 3.04. The molecule has 2 saturated heterocycles. The van der Waals surface area contributed by atoms with Crippen LogP contribution in [0.2, 0.25) is 0 Å². The molecule has 2 aliphatic rings. The number of nitrogens with one attached hydrogen (secondary N) is 1. The van der Waals surface area contributed by atoms with Crippen molar-refractivity contribution in [1.29, 1.82) is 0 Å². The van der Waals surface area contributed by atoms with Crippen LogP contribution in [0.15, 0.2) is 84.9 Å². The topological polar surface area (TPSA) is 139 Å². The third-order valence-corrected chi connectivity index (χ3v) is 10.9. The van der Waals surface area contributed by atoms with Crippen LogP contribution in [0.25, 0.3) is 0 Å². The van der Waals surface area contributed by atoms with Gasteiger partial charge in [0.2, 0.25) is 0 Å². The van der Waals surface area contributed by atoms with E-state index in [2.05, 4.69) is 58.7 Å². The third kappa shape index (κ3) is 5.64. The Morgan fingerprint density at radius 1 is 0.867 bits per heavy atom. The molecule has 5 atom stereocenters. The lowest BCUT2D eigenvalue weighted by molar-refractivity contribution is -0.385. The number of hydrogen-bond donors (Lipinski definition) is 1. The maximum absolute atomic E-state index is 13.3. The second-order valence-electron chi connectivity index (χ2n) is 13.1. The van der Waals surface area contributed by atoms with E-state index in [1.54, 1.807) is 19.9 Å². The van der Waals surface area contributed by atoms with E-state index in [1.165, 1.54) is 36.2 Å². The molecule has 9 heteroatoms. The Labute approximate surface area is 264 Å². The van der Waals surface area contributed by atoms with Crippen LogP contribution in [0.4, 0.5) is 5.69 Å². The van der Waals surface area contributed by atoms with Crippen LogP contribution in [-0.4, -0.2) is 53.5 Å². The molecule has 3 aromatic carbocycles. The molecule has 3 aromatic rings. The lowest BCUT2D eigenvalue weighted by Crippen LogP contribution is -2.72. The van der Waals surface area contributed by atoms with Crippen molar-refractivity contribution < 1.29 is 24.7 Å². The van der Waals surface area contributed by atoms with E-state index in [4.69, 9.17) is 0 Å². The van der Waals surface area contributed by atoms with Crippen LogP contribution in [0.3, 0.4) is 0 Å². The summed E-state index contributed by atoms with van der Waals surface area (Å²) in [6, 6.07) is 25.4. The van der Waals surface area contributed by atoms with Crippen molar-refractivity contribution in [3.8, 4) is 0 Å². The first-order valence-corrected chi connectivity index (χ1v) is 15.7. The number of carbonyl (C=O) groups excluding carboxylic acids is 2. The monoisotopic (exact) mass is 611 g/mol. The Balaban J connectivity index is 1.41. The SMILES string of the molecule is CC1NC(C)C(CCCN2CCC(c3ccccc3)(c3ccccc3)CC2)(C(=O)[O-])C(c2cccc([N+](=O)[O-])c2)C1(C)C(=O)[O-]. The van der Waals surface area contributed by atoms with Crippen LogP contribution in [0.1, 0.15) is 69.1 Å². The summed E-state index contributed by atoms with van der Waals surface area (Å²) in [4.78, 5) is 39.5. The zero-order valence-electron chi connectivity index (χ0n) is 26.1. The fourth-order valence-corrected chi connectivity index (χ4v) is 8.26. The highest BCUT2D eigenvalue weighted by molar-refractivity contribution is 5.82. The Morgan fingerprint density at radius 3 is 1.96 bits per heavy atom. The van der Waals surface area contributed by atoms with E-state index in [-0.39, 0.29) is 23.1 Å². The van der Waals surface area contributed by atoms with Gasteiger partial charge in [-0.15, -0.1) is 0 Å². The fourth-order valence-electron chi connectivity index (χ4n) is 8.26. The van der Waals surface area contributed by atoms with Gasteiger partial charge in [-0.1, -0.05) is 79.7 Å². The van der Waals surface area contributed by atoms with Crippen molar-refractivity contribution in [3.05, 3.63) is 112 Å². The maximum Gasteiger partial charge on any atom is 0.269 e. The smallest absolute Gasteiger partial charge is 0.269 e. The first-order valence-electron chi connectivity index (χ1n) is 15.7. The Morgan fingerprint density at radius 2 is 1.44 bits per heavy atom. The molecule has 0 amide bonds. The zero-order chi connectivity index (χ0) is 32.4. The molecule has 0 aliphatic carbocycles. The number of hydrogen-bond acceptors (Lipinski definition) is 8. The lowest BCUT2D eigenvalue weighted by Gasteiger charge is -2.61. The number of benzene rings is 3. The van der Waals surface area contributed by atoms with Gasteiger partial charge in [0.15, 0.2) is 0 Å². The van der Waals surface area contributed by atoms with Gasteiger partial charge in [0.05, 0.1) is 4.92 Å². The highest BCUT2D eigenvalue weighted by atomic mass is 16.6. The van der Waals surface area contributed by atoms with Gasteiger partial charge in [0, 0.05) is 58.3 Å². The van der Waals surface area contributed by atoms with Gasteiger partial charge in [-0.3, -0.25) is 10.1 Å². The molecule has 0 spiro atoms. The Hall–Kier alpha value is -4.08. The molecule has 0 saturated carbocycles. The minimum Gasteiger partial charge on any atom is -0.549 e. The number of piperidine rings is 2. The summed E-state index contributed by atoms with van der Waals surface area (Å²) in [5, 5.41) is 41.0. The summed E-state index contributed by atoms with van der Waals surface area (Å²) in [6.07, 6.45) is 2.42. The molecule has 2 fully saturated rings. The van der Waals surface area contributed by atoms with Gasteiger partial charge in [-0.2, -0.15) is 0 Å². The highest BCUT2D eigenvalue weighted by Gasteiger charge is 2.59. The van der Waals surface area contributed by atoms with Crippen LogP contribution in [-0.2, 0) is 15.0 Å². The minimum absolute atomic E-state index is 0.118. The molecule has 9 nitrogen and oxygen atoms in total. The molecule has 2 heterocycles. The molecule has 1 N–H and O–H groups in total. The van der Waals surface area contributed by atoms with Gasteiger partial charge in [0.1, 0.15) is 0 Å². The van der Waals surface area contributed by atoms with Crippen LogP contribution in [0, 0.1) is 20.9 Å². The fraction of sp³-hybridized carbons (Fsp3) is 0.444. The number of nitro benzene ring substituents is 1. The number of nitrogens with zero attached hydrogens (tertiary/aromatic N) is 2. The normalized spacial score (nSPS) is 28.3. The third-order valence-electron chi connectivity index (χ3n) is 10.9. The standard InChI is InChI=1S/C36H43N3O6/c1-25-34(3,32(40)41)31(27-12-10-17-30(24-27)39(44)45)36(33(42)43,26(2)37-25)18-11-21-38-22-19-35(20-23-38,28-13-6-4-7-14-28)29-15-8-5-9-16-29/h4-10,12-17,24-26,31,37H,11,18-23H2,1-3H3,(H,40,41)(H,42,43)/p-2. The summed E-state index contributed by atoms with van der Waals surface area (Å²) < 4.78 is 0. The van der Waals surface area contributed by atoms with Crippen molar-refractivity contribution in [2.24, 2.45) is 10.8 Å². The molecular formula is C36H41N3O6-2. The maximum atomic E-state index is 13.3. The number of carboxylic acids is 2. The van der Waals surface area contributed by atoms with E-state index < -0.39 is 45.7 Å². The van der Waals surface area contributed by atoms with Crippen molar-refractivity contribution in [3.63, 3.8) is 0 Å². The first kappa shape index (κ1) is 32.3. The molecule has 5 rings (SSSR count). The number of likely N-dealkylation sites (tertiary alicyclic amines) is 1. The van der Waals surface area contributed by atoms with Crippen molar-refractivity contribution in [2.75, 3.05) is 19.6 Å². The van der Waals surface area contributed by atoms with Gasteiger partial charge >= 0.3 is 0 Å². The highest BCUT2D eigenvalue weighted by Crippen LogP contribution is 2.57.